The van der Waals surface area contributed by atoms with E-state index in [2.05, 4.69) is 10.3 Å². The number of pyridine rings is 1. The molecule has 92 valence electrons. The van der Waals surface area contributed by atoms with Gasteiger partial charge in [-0.15, -0.1) is 0 Å². The zero-order chi connectivity index (χ0) is 13.1. The number of benzene rings is 1. The largest absolute Gasteiger partial charge is 0.397 e. The first-order valence-corrected chi connectivity index (χ1v) is 5.41. The summed E-state index contributed by atoms with van der Waals surface area (Å²) >= 11 is 5.76. The third-order valence-electron chi connectivity index (χ3n) is 2.22. The molecular weight excluding hydrogens is 257 g/mol. The van der Waals surface area contributed by atoms with Gasteiger partial charge >= 0.3 is 0 Å². The van der Waals surface area contributed by atoms with Gasteiger partial charge in [-0.2, -0.15) is 0 Å². The molecule has 0 aliphatic rings. The molecule has 3 N–H and O–H groups in total. The van der Waals surface area contributed by atoms with E-state index in [1.165, 1.54) is 12.3 Å². The van der Waals surface area contributed by atoms with E-state index in [4.69, 9.17) is 17.3 Å². The molecule has 0 aliphatic carbocycles. The van der Waals surface area contributed by atoms with Gasteiger partial charge in [-0.25, -0.2) is 4.39 Å². The molecule has 18 heavy (non-hydrogen) atoms. The van der Waals surface area contributed by atoms with Gasteiger partial charge < -0.3 is 11.1 Å². The highest BCUT2D eigenvalue weighted by Gasteiger charge is 2.08. The van der Waals surface area contributed by atoms with Crippen LogP contribution in [0.1, 0.15) is 10.4 Å². The second-order valence-corrected chi connectivity index (χ2v) is 3.99. The number of aromatic nitrogens is 1. The Balaban J connectivity index is 2.18. The van der Waals surface area contributed by atoms with E-state index in [1.54, 1.807) is 12.1 Å². The Hall–Kier alpha value is -2.14. The van der Waals surface area contributed by atoms with E-state index in [9.17, 15) is 9.18 Å². The van der Waals surface area contributed by atoms with Crippen LogP contribution < -0.4 is 11.1 Å². The topological polar surface area (TPSA) is 68.0 Å². The van der Waals surface area contributed by atoms with E-state index < -0.39 is 11.7 Å². The lowest BCUT2D eigenvalue weighted by molar-refractivity contribution is 0.102. The van der Waals surface area contributed by atoms with Crippen LogP contribution in [0.2, 0.25) is 5.02 Å². The first-order chi connectivity index (χ1) is 8.56. The van der Waals surface area contributed by atoms with E-state index in [1.807, 2.05) is 0 Å². The predicted molar refractivity (Wildman–Crippen MR) is 68.0 cm³/mol. The van der Waals surface area contributed by atoms with Crippen LogP contribution in [0.15, 0.2) is 36.7 Å². The maximum absolute atomic E-state index is 12.9. The Labute approximate surface area is 108 Å². The van der Waals surface area contributed by atoms with Crippen molar-refractivity contribution in [3.8, 4) is 0 Å². The van der Waals surface area contributed by atoms with Gasteiger partial charge in [0.05, 0.1) is 22.5 Å². The molecule has 6 heteroatoms. The van der Waals surface area contributed by atoms with Crippen molar-refractivity contribution in [1.29, 1.82) is 0 Å². The summed E-state index contributed by atoms with van der Waals surface area (Å²) in [4.78, 5) is 15.4. The minimum absolute atomic E-state index is 0.128. The number of carbonyl (C=O) groups is 1. The first-order valence-electron chi connectivity index (χ1n) is 5.03. The molecule has 0 atom stereocenters. The Bertz CT molecular complexity index is 604. The number of hydrogen-bond acceptors (Lipinski definition) is 3. The number of nitrogens with zero attached hydrogens (tertiary/aromatic N) is 1. The van der Waals surface area contributed by atoms with Crippen molar-refractivity contribution in [3.63, 3.8) is 0 Å². The van der Waals surface area contributed by atoms with E-state index in [0.717, 1.165) is 12.3 Å². The first kappa shape index (κ1) is 12.3. The molecule has 0 bridgehead atoms. The molecule has 0 fully saturated rings. The van der Waals surface area contributed by atoms with Crippen molar-refractivity contribution >= 4 is 28.9 Å². The Morgan fingerprint density at radius 3 is 2.78 bits per heavy atom. The Morgan fingerprint density at radius 2 is 2.11 bits per heavy atom. The van der Waals surface area contributed by atoms with Crippen LogP contribution >= 0.6 is 11.6 Å². The maximum Gasteiger partial charge on any atom is 0.257 e. The zero-order valence-electron chi connectivity index (χ0n) is 9.15. The van der Waals surface area contributed by atoms with Gasteiger partial charge in [-0.05, 0) is 24.3 Å². The number of nitrogen functional groups attached to an aromatic ring is 1. The smallest absolute Gasteiger partial charge is 0.257 e. The molecule has 2 rings (SSSR count). The fraction of sp³-hybridized carbons (Fsp3) is 0. The predicted octanol–water partition coefficient (Wildman–Crippen LogP) is 2.71. The van der Waals surface area contributed by atoms with E-state index in [0.29, 0.717) is 16.4 Å². The van der Waals surface area contributed by atoms with Crippen LogP contribution in [-0.2, 0) is 0 Å². The van der Waals surface area contributed by atoms with Gasteiger partial charge in [-0.3, -0.25) is 9.78 Å². The normalized spacial score (nSPS) is 10.1. The SMILES string of the molecule is Nc1cc(NC(=O)c2cncc(F)c2)ccc1Cl. The highest BCUT2D eigenvalue weighted by molar-refractivity contribution is 6.33. The van der Waals surface area contributed by atoms with E-state index >= 15 is 0 Å². The Kier molecular flexibility index (Phi) is 3.43. The van der Waals surface area contributed by atoms with Crippen LogP contribution in [-0.4, -0.2) is 10.9 Å². The number of amides is 1. The second-order valence-electron chi connectivity index (χ2n) is 3.58. The molecule has 0 unspecified atom stereocenters. The number of hydrogen-bond donors (Lipinski definition) is 2. The quantitative estimate of drug-likeness (QED) is 0.821. The molecule has 1 amide bonds. The second kappa shape index (κ2) is 5.01. The molecule has 1 heterocycles. The molecule has 0 radical (unpaired) electrons. The van der Waals surface area contributed by atoms with Crippen molar-refractivity contribution in [3.05, 3.63) is 53.1 Å². The van der Waals surface area contributed by atoms with Gasteiger partial charge in [-0.1, -0.05) is 11.6 Å². The summed E-state index contributed by atoms with van der Waals surface area (Å²) in [6.45, 7) is 0. The maximum atomic E-state index is 12.9. The number of nitrogens with one attached hydrogen (secondary N) is 1. The molecular formula is C12H9ClFN3O. The molecule has 0 saturated carbocycles. The lowest BCUT2D eigenvalue weighted by Crippen LogP contribution is -2.12. The summed E-state index contributed by atoms with van der Waals surface area (Å²) in [5.41, 5.74) is 6.56. The van der Waals surface area contributed by atoms with Crippen LogP contribution in [0.4, 0.5) is 15.8 Å². The van der Waals surface area contributed by atoms with Crippen LogP contribution in [0.3, 0.4) is 0 Å². The average molecular weight is 266 g/mol. The van der Waals surface area contributed by atoms with Crippen LogP contribution in [0, 0.1) is 5.82 Å². The highest BCUT2D eigenvalue weighted by Crippen LogP contribution is 2.22. The number of halogens is 2. The zero-order valence-corrected chi connectivity index (χ0v) is 9.91. The Morgan fingerprint density at radius 1 is 1.33 bits per heavy atom. The number of rotatable bonds is 2. The molecule has 1 aromatic carbocycles. The van der Waals surface area contributed by atoms with Gasteiger partial charge in [0.1, 0.15) is 5.82 Å². The number of anilines is 2. The summed E-state index contributed by atoms with van der Waals surface area (Å²) in [5.74, 6) is -1.04. The van der Waals surface area contributed by atoms with Crippen molar-refractivity contribution < 1.29 is 9.18 Å². The lowest BCUT2D eigenvalue weighted by atomic mass is 10.2. The fourth-order valence-electron chi connectivity index (χ4n) is 1.36. The van der Waals surface area contributed by atoms with Crippen molar-refractivity contribution in [2.75, 3.05) is 11.1 Å². The van der Waals surface area contributed by atoms with Crippen LogP contribution in [0.5, 0.6) is 0 Å². The summed E-state index contributed by atoms with van der Waals surface area (Å²) in [6, 6.07) is 5.79. The molecule has 0 spiro atoms. The van der Waals surface area contributed by atoms with Gasteiger partial charge in [0.15, 0.2) is 0 Å². The molecule has 0 aliphatic heterocycles. The third kappa shape index (κ3) is 2.75. The summed E-state index contributed by atoms with van der Waals surface area (Å²) < 4.78 is 12.9. The van der Waals surface area contributed by atoms with E-state index in [-0.39, 0.29) is 5.56 Å². The van der Waals surface area contributed by atoms with Crippen molar-refractivity contribution in [1.82, 2.24) is 4.98 Å². The number of nitrogens with two attached hydrogens (primary N) is 1. The molecule has 0 saturated heterocycles. The van der Waals surface area contributed by atoms with Gasteiger partial charge in [0, 0.05) is 11.9 Å². The number of carbonyl (C=O) groups excluding carboxylic acids is 1. The van der Waals surface area contributed by atoms with Gasteiger partial charge in [0.25, 0.3) is 5.91 Å². The molecule has 1 aromatic heterocycles. The third-order valence-corrected chi connectivity index (χ3v) is 2.57. The average Bonchev–Trinajstić information content (AvgIpc) is 2.34. The molecule has 4 nitrogen and oxygen atoms in total. The minimum atomic E-state index is -0.571. The summed E-state index contributed by atoms with van der Waals surface area (Å²) in [7, 11) is 0. The van der Waals surface area contributed by atoms with Crippen LogP contribution in [0.25, 0.3) is 0 Å². The highest BCUT2D eigenvalue weighted by atomic mass is 35.5. The van der Waals surface area contributed by atoms with Gasteiger partial charge in [0.2, 0.25) is 0 Å². The minimum Gasteiger partial charge on any atom is -0.397 e. The summed E-state index contributed by atoms with van der Waals surface area (Å²) in [5, 5.41) is 2.97. The van der Waals surface area contributed by atoms with Crippen molar-refractivity contribution in [2.45, 2.75) is 0 Å². The van der Waals surface area contributed by atoms with Crippen molar-refractivity contribution in [2.24, 2.45) is 0 Å². The fourth-order valence-corrected chi connectivity index (χ4v) is 1.48. The molecule has 2 aromatic rings. The lowest BCUT2D eigenvalue weighted by Gasteiger charge is -2.06. The summed E-state index contributed by atoms with van der Waals surface area (Å²) in [6.07, 6.45) is 2.30. The standard InChI is InChI=1S/C12H9ClFN3O/c13-10-2-1-9(4-11(10)15)17-12(18)7-3-8(14)6-16-5-7/h1-6H,15H2,(H,17,18). The monoisotopic (exact) mass is 265 g/mol.